The van der Waals surface area contributed by atoms with Crippen molar-refractivity contribution < 1.29 is 9.47 Å². The highest BCUT2D eigenvalue weighted by Gasteiger charge is 1.94. The lowest BCUT2D eigenvalue weighted by Gasteiger charge is -1.86. The lowest BCUT2D eigenvalue weighted by molar-refractivity contribution is 0.162. The molecule has 94 valence electrons. The van der Waals surface area contributed by atoms with Crippen LogP contribution in [0.15, 0.2) is 0 Å². The van der Waals surface area contributed by atoms with Crippen LogP contribution < -0.4 is 0 Å². The van der Waals surface area contributed by atoms with E-state index >= 15 is 0 Å². The van der Waals surface area contributed by atoms with Gasteiger partial charge in [0.25, 0.3) is 0 Å². The van der Waals surface area contributed by atoms with E-state index in [4.69, 9.17) is 9.47 Å². The van der Waals surface area contributed by atoms with Crippen LogP contribution in [0.1, 0.15) is 59.8 Å². The number of unbranched alkanes of at least 4 members (excludes halogenated alkanes) is 2. The van der Waals surface area contributed by atoms with Crippen molar-refractivity contribution >= 4 is 0 Å². The molecule has 1 fully saturated rings. The summed E-state index contributed by atoms with van der Waals surface area (Å²) in [5.41, 5.74) is 0. The predicted octanol–water partition coefficient (Wildman–Crippen LogP) is 4.04. The van der Waals surface area contributed by atoms with E-state index in [2.05, 4.69) is 13.8 Å². The third-order valence-corrected chi connectivity index (χ3v) is 1.94. The molecule has 0 aromatic carbocycles. The van der Waals surface area contributed by atoms with E-state index in [1.807, 2.05) is 13.8 Å². The molecule has 0 spiro atoms. The maximum atomic E-state index is 4.94. The van der Waals surface area contributed by atoms with Gasteiger partial charge in [-0.25, -0.2) is 0 Å². The van der Waals surface area contributed by atoms with Gasteiger partial charge in [0.2, 0.25) is 0 Å². The Hall–Kier alpha value is -0.0800. The van der Waals surface area contributed by atoms with E-state index in [9.17, 15) is 0 Å². The van der Waals surface area contributed by atoms with Gasteiger partial charge in [-0.3, -0.25) is 0 Å². The van der Waals surface area contributed by atoms with Gasteiger partial charge in [-0.1, -0.05) is 33.1 Å². The van der Waals surface area contributed by atoms with Crippen LogP contribution >= 0.6 is 0 Å². The van der Waals surface area contributed by atoms with E-state index in [0.29, 0.717) is 0 Å². The van der Waals surface area contributed by atoms with Crippen LogP contribution in [0.3, 0.4) is 0 Å². The van der Waals surface area contributed by atoms with Crippen LogP contribution in [-0.4, -0.2) is 26.4 Å². The number of rotatable bonds is 4. The summed E-state index contributed by atoms with van der Waals surface area (Å²) in [7, 11) is 0. The van der Waals surface area contributed by atoms with Gasteiger partial charge >= 0.3 is 0 Å². The summed E-state index contributed by atoms with van der Waals surface area (Å²) in [4.78, 5) is 0. The smallest absolute Gasteiger partial charge is 0.0466 e. The first-order valence-corrected chi connectivity index (χ1v) is 6.48. The molecule has 0 saturated carbocycles. The number of ether oxygens (including phenoxy) is 2. The molecule has 1 saturated heterocycles. The van der Waals surface area contributed by atoms with Crippen LogP contribution in [0, 0.1) is 0 Å². The van der Waals surface area contributed by atoms with Gasteiger partial charge in [-0.2, -0.15) is 0 Å². The minimum absolute atomic E-state index is 0.844. The molecule has 0 bridgehead atoms. The fraction of sp³-hybridized carbons (Fsp3) is 1.00. The van der Waals surface area contributed by atoms with Gasteiger partial charge in [0.15, 0.2) is 0 Å². The monoisotopic (exact) mass is 218 g/mol. The molecule has 1 rings (SSSR count). The van der Waals surface area contributed by atoms with Crippen LogP contribution in [0.25, 0.3) is 0 Å². The normalized spacial score (nSPS) is 13.6. The standard InChI is InChI=1S/C5H12.C4H8O.C4H10O/c1-3-5-4-2;1-2-4-5-3-1;1-3-5-4-2/h3-5H2,1-2H3;1-4H2;3-4H2,1-2H3. The summed E-state index contributed by atoms with van der Waals surface area (Å²) in [6.45, 7) is 12.1. The zero-order valence-electron chi connectivity index (χ0n) is 11.2. The van der Waals surface area contributed by atoms with Crippen LogP contribution in [0.2, 0.25) is 0 Å². The molecule has 1 aliphatic rings. The molecule has 0 aromatic rings. The number of hydrogen-bond acceptors (Lipinski definition) is 2. The molecule has 2 heteroatoms. The third-order valence-electron chi connectivity index (χ3n) is 1.94. The van der Waals surface area contributed by atoms with Gasteiger partial charge < -0.3 is 9.47 Å². The third kappa shape index (κ3) is 24.9. The van der Waals surface area contributed by atoms with Crippen molar-refractivity contribution in [1.29, 1.82) is 0 Å². The maximum Gasteiger partial charge on any atom is 0.0466 e. The molecular weight excluding hydrogens is 188 g/mol. The highest BCUT2D eigenvalue weighted by molar-refractivity contribution is 4.43. The molecule has 2 nitrogen and oxygen atoms in total. The van der Waals surface area contributed by atoms with Crippen molar-refractivity contribution in [3.63, 3.8) is 0 Å². The molecular formula is C13H30O2. The summed E-state index contributed by atoms with van der Waals surface area (Å²) in [5.74, 6) is 0. The second-order valence-electron chi connectivity index (χ2n) is 3.45. The molecule has 0 aromatic heterocycles. The Morgan fingerprint density at radius 1 is 0.867 bits per heavy atom. The van der Waals surface area contributed by atoms with Crippen molar-refractivity contribution in [3.8, 4) is 0 Å². The highest BCUT2D eigenvalue weighted by atomic mass is 16.5. The van der Waals surface area contributed by atoms with Gasteiger partial charge in [-0.15, -0.1) is 0 Å². The second-order valence-corrected chi connectivity index (χ2v) is 3.45. The highest BCUT2D eigenvalue weighted by Crippen LogP contribution is 1.98. The summed E-state index contributed by atoms with van der Waals surface area (Å²) >= 11 is 0. The first-order chi connectivity index (χ1) is 7.33. The lowest BCUT2D eigenvalue weighted by Crippen LogP contribution is -1.84. The van der Waals surface area contributed by atoms with Gasteiger partial charge in [0.05, 0.1) is 0 Å². The number of hydrogen-bond donors (Lipinski definition) is 0. The Labute approximate surface area is 96.4 Å². The molecule has 15 heavy (non-hydrogen) atoms. The van der Waals surface area contributed by atoms with Gasteiger partial charge in [0, 0.05) is 26.4 Å². The average Bonchev–Trinajstić information content (AvgIpc) is 2.79. The van der Waals surface area contributed by atoms with Crippen molar-refractivity contribution in [3.05, 3.63) is 0 Å². The predicted molar refractivity (Wildman–Crippen MR) is 67.4 cm³/mol. The van der Waals surface area contributed by atoms with Crippen molar-refractivity contribution in [2.24, 2.45) is 0 Å². The minimum atomic E-state index is 0.844. The zero-order valence-corrected chi connectivity index (χ0v) is 11.2. The minimum Gasteiger partial charge on any atom is -0.382 e. The fourth-order valence-electron chi connectivity index (χ4n) is 1.07. The van der Waals surface area contributed by atoms with E-state index in [1.165, 1.54) is 32.1 Å². The van der Waals surface area contributed by atoms with Gasteiger partial charge in [-0.05, 0) is 26.7 Å². The SMILES string of the molecule is C1CCOC1.CCCCC.CCOCC. The Kier molecular flexibility index (Phi) is 22.5. The first-order valence-electron chi connectivity index (χ1n) is 6.48. The molecule has 0 radical (unpaired) electrons. The Morgan fingerprint density at radius 3 is 1.40 bits per heavy atom. The van der Waals surface area contributed by atoms with Crippen LogP contribution in [0.4, 0.5) is 0 Å². The fourth-order valence-corrected chi connectivity index (χ4v) is 1.07. The summed E-state index contributed by atoms with van der Waals surface area (Å²) in [6.07, 6.45) is 6.63. The molecule has 0 amide bonds. The summed E-state index contributed by atoms with van der Waals surface area (Å²) in [6, 6.07) is 0. The van der Waals surface area contributed by atoms with E-state index < -0.39 is 0 Å². The average molecular weight is 218 g/mol. The first kappa shape index (κ1) is 17.3. The van der Waals surface area contributed by atoms with Crippen molar-refractivity contribution in [2.45, 2.75) is 59.8 Å². The van der Waals surface area contributed by atoms with E-state index in [0.717, 1.165) is 26.4 Å². The Balaban J connectivity index is 0. The van der Waals surface area contributed by atoms with E-state index in [-0.39, 0.29) is 0 Å². The van der Waals surface area contributed by atoms with Crippen LogP contribution in [0.5, 0.6) is 0 Å². The Morgan fingerprint density at radius 2 is 1.33 bits per heavy atom. The zero-order chi connectivity index (χ0) is 11.8. The molecule has 0 N–H and O–H groups in total. The van der Waals surface area contributed by atoms with Crippen molar-refractivity contribution in [1.82, 2.24) is 0 Å². The molecule has 1 aliphatic heterocycles. The van der Waals surface area contributed by atoms with E-state index in [1.54, 1.807) is 0 Å². The Bertz CT molecular complexity index is 63.0. The molecule has 0 atom stereocenters. The summed E-state index contributed by atoms with van der Waals surface area (Å²) in [5, 5.41) is 0. The van der Waals surface area contributed by atoms with Crippen LogP contribution in [-0.2, 0) is 9.47 Å². The topological polar surface area (TPSA) is 18.5 Å². The lowest BCUT2D eigenvalue weighted by atomic mass is 10.3. The maximum absolute atomic E-state index is 4.94. The van der Waals surface area contributed by atoms with Crippen molar-refractivity contribution in [2.75, 3.05) is 26.4 Å². The van der Waals surface area contributed by atoms with Gasteiger partial charge in [0.1, 0.15) is 0 Å². The quantitative estimate of drug-likeness (QED) is 0.709. The molecule has 0 aliphatic carbocycles. The summed E-state index contributed by atoms with van der Waals surface area (Å²) < 4.78 is 9.78. The molecule has 1 heterocycles. The largest absolute Gasteiger partial charge is 0.382 e. The second kappa shape index (κ2) is 19.5. The molecule has 0 unspecified atom stereocenters.